The lowest BCUT2D eigenvalue weighted by Gasteiger charge is -2.23. The van der Waals surface area contributed by atoms with Gasteiger partial charge in [0.25, 0.3) is 5.91 Å². The number of nitrogens with one attached hydrogen (secondary N) is 3. The van der Waals surface area contributed by atoms with Crippen LogP contribution in [0, 0.1) is 0 Å². The van der Waals surface area contributed by atoms with Gasteiger partial charge in [-0.1, -0.05) is 6.07 Å². The molecule has 0 saturated carbocycles. The molecule has 1 atom stereocenters. The van der Waals surface area contributed by atoms with Crippen LogP contribution in [-0.4, -0.2) is 43.2 Å². The van der Waals surface area contributed by atoms with Crippen LogP contribution in [0.5, 0.6) is 0 Å². The smallest absolute Gasteiger partial charge is 0.251 e. The summed E-state index contributed by atoms with van der Waals surface area (Å²) in [7, 11) is 0. The summed E-state index contributed by atoms with van der Waals surface area (Å²) in [6.45, 7) is 7.77. The molecule has 0 bridgehead atoms. The van der Waals surface area contributed by atoms with Crippen LogP contribution in [0.25, 0.3) is 0 Å². The van der Waals surface area contributed by atoms with Crippen molar-refractivity contribution in [3.05, 3.63) is 29.8 Å². The van der Waals surface area contributed by atoms with E-state index < -0.39 is 0 Å². The summed E-state index contributed by atoms with van der Waals surface area (Å²) in [4.78, 5) is 24.2. The maximum atomic E-state index is 12.2. The first-order valence-electron chi connectivity index (χ1n) is 7.87. The van der Waals surface area contributed by atoms with E-state index in [9.17, 15) is 9.59 Å². The Balaban J connectivity index is 0.00000288. The van der Waals surface area contributed by atoms with Crippen molar-refractivity contribution in [3.8, 4) is 0 Å². The van der Waals surface area contributed by atoms with E-state index in [1.807, 2.05) is 20.8 Å². The van der Waals surface area contributed by atoms with Gasteiger partial charge < -0.3 is 20.7 Å². The molecule has 1 heterocycles. The normalized spacial score (nSPS) is 17.5. The number of hydrogen-bond donors (Lipinski definition) is 3. The van der Waals surface area contributed by atoms with E-state index in [0.717, 1.165) is 6.54 Å². The molecule has 1 aliphatic heterocycles. The van der Waals surface area contributed by atoms with Crippen molar-refractivity contribution in [1.82, 2.24) is 10.6 Å². The molecule has 2 rings (SSSR count). The number of amides is 2. The van der Waals surface area contributed by atoms with Gasteiger partial charge in [-0.15, -0.1) is 12.4 Å². The maximum absolute atomic E-state index is 12.2. The zero-order valence-electron chi connectivity index (χ0n) is 14.3. The molecule has 1 aromatic carbocycles. The molecule has 1 unspecified atom stereocenters. The second-order valence-electron chi connectivity index (χ2n) is 6.76. The summed E-state index contributed by atoms with van der Waals surface area (Å²) in [6.07, 6.45) is 0.346. The molecule has 1 aromatic rings. The van der Waals surface area contributed by atoms with E-state index >= 15 is 0 Å². The van der Waals surface area contributed by atoms with Crippen LogP contribution in [0.1, 0.15) is 37.6 Å². The lowest BCUT2D eigenvalue weighted by atomic mass is 10.1. The molecule has 0 aromatic heterocycles. The van der Waals surface area contributed by atoms with Crippen molar-refractivity contribution in [2.75, 3.05) is 25.1 Å². The number of halogens is 1. The number of morpholine rings is 1. The molecule has 134 valence electrons. The van der Waals surface area contributed by atoms with Crippen LogP contribution in [-0.2, 0) is 9.53 Å². The first-order chi connectivity index (χ1) is 10.8. The Kier molecular flexibility index (Phi) is 7.66. The fourth-order valence-corrected chi connectivity index (χ4v) is 2.34. The molecule has 1 fully saturated rings. The van der Waals surface area contributed by atoms with Crippen molar-refractivity contribution in [1.29, 1.82) is 0 Å². The standard InChI is InChI=1S/C17H25N3O3.ClH/c1-17(2,3)20-16(22)12-5-4-6-13(9-12)19-15(21)10-14-11-23-8-7-18-14;/h4-6,9,14,18H,7-8,10-11H2,1-3H3,(H,19,21)(H,20,22);1H. The van der Waals surface area contributed by atoms with Crippen molar-refractivity contribution in [2.45, 2.75) is 38.8 Å². The molecule has 0 radical (unpaired) electrons. The molecule has 2 amide bonds. The third-order valence-corrected chi connectivity index (χ3v) is 3.33. The zero-order chi connectivity index (χ0) is 16.9. The molecule has 1 saturated heterocycles. The SMILES string of the molecule is CC(C)(C)NC(=O)c1cccc(NC(=O)CC2COCCN2)c1.Cl. The van der Waals surface area contributed by atoms with Gasteiger partial charge in [0.15, 0.2) is 0 Å². The van der Waals surface area contributed by atoms with Crippen LogP contribution in [0.15, 0.2) is 24.3 Å². The lowest BCUT2D eigenvalue weighted by Crippen LogP contribution is -2.43. The quantitative estimate of drug-likeness (QED) is 0.771. The molecule has 0 aliphatic carbocycles. The van der Waals surface area contributed by atoms with Gasteiger partial charge in [-0.05, 0) is 39.0 Å². The highest BCUT2D eigenvalue weighted by atomic mass is 35.5. The fraction of sp³-hybridized carbons (Fsp3) is 0.529. The molecule has 3 N–H and O–H groups in total. The van der Waals surface area contributed by atoms with Crippen LogP contribution < -0.4 is 16.0 Å². The third kappa shape index (κ3) is 6.86. The largest absolute Gasteiger partial charge is 0.378 e. The van der Waals surface area contributed by atoms with E-state index in [4.69, 9.17) is 4.74 Å². The Hall–Kier alpha value is -1.63. The summed E-state index contributed by atoms with van der Waals surface area (Å²) in [5, 5.41) is 8.98. The number of hydrogen-bond acceptors (Lipinski definition) is 4. The predicted molar refractivity (Wildman–Crippen MR) is 96.8 cm³/mol. The van der Waals surface area contributed by atoms with Gasteiger partial charge in [-0.2, -0.15) is 0 Å². The fourth-order valence-electron chi connectivity index (χ4n) is 2.34. The molecular weight excluding hydrogens is 330 g/mol. The summed E-state index contributed by atoms with van der Waals surface area (Å²) in [6, 6.07) is 6.99. The lowest BCUT2D eigenvalue weighted by molar-refractivity contribution is -0.117. The number of anilines is 1. The van der Waals surface area contributed by atoms with Gasteiger partial charge in [0.05, 0.1) is 13.2 Å². The van der Waals surface area contributed by atoms with Crippen molar-refractivity contribution >= 4 is 29.9 Å². The molecule has 0 spiro atoms. The minimum Gasteiger partial charge on any atom is -0.378 e. The average molecular weight is 356 g/mol. The Morgan fingerprint density at radius 3 is 2.71 bits per heavy atom. The molecule has 24 heavy (non-hydrogen) atoms. The van der Waals surface area contributed by atoms with Crippen molar-refractivity contribution in [3.63, 3.8) is 0 Å². The minimum atomic E-state index is -0.303. The summed E-state index contributed by atoms with van der Waals surface area (Å²) >= 11 is 0. The van der Waals surface area contributed by atoms with Gasteiger partial charge in [-0.25, -0.2) is 0 Å². The summed E-state index contributed by atoms with van der Waals surface area (Å²) < 4.78 is 5.33. The van der Waals surface area contributed by atoms with E-state index in [-0.39, 0.29) is 35.8 Å². The van der Waals surface area contributed by atoms with Crippen LogP contribution in [0.2, 0.25) is 0 Å². The van der Waals surface area contributed by atoms with Gasteiger partial charge in [0.1, 0.15) is 0 Å². The Morgan fingerprint density at radius 2 is 2.08 bits per heavy atom. The maximum Gasteiger partial charge on any atom is 0.251 e. The highest BCUT2D eigenvalue weighted by Crippen LogP contribution is 2.13. The second-order valence-corrected chi connectivity index (χ2v) is 6.76. The number of rotatable bonds is 4. The number of ether oxygens (including phenoxy) is 1. The minimum absolute atomic E-state index is 0. The van der Waals surface area contributed by atoms with Crippen molar-refractivity contribution in [2.24, 2.45) is 0 Å². The van der Waals surface area contributed by atoms with Gasteiger partial charge in [-0.3, -0.25) is 9.59 Å². The zero-order valence-corrected chi connectivity index (χ0v) is 15.2. The molecular formula is C17H26ClN3O3. The number of benzene rings is 1. The molecule has 6 nitrogen and oxygen atoms in total. The van der Waals surface area contributed by atoms with Gasteiger partial charge in [0, 0.05) is 35.8 Å². The Labute approximate surface area is 149 Å². The average Bonchev–Trinajstić information content (AvgIpc) is 2.46. The van der Waals surface area contributed by atoms with Crippen LogP contribution in [0.4, 0.5) is 5.69 Å². The summed E-state index contributed by atoms with van der Waals surface area (Å²) in [5.74, 6) is -0.252. The number of carbonyl (C=O) groups excluding carboxylic acids is 2. The van der Waals surface area contributed by atoms with E-state index in [1.54, 1.807) is 24.3 Å². The predicted octanol–water partition coefficient (Wildman–Crippen LogP) is 1.95. The van der Waals surface area contributed by atoms with Gasteiger partial charge in [0.2, 0.25) is 5.91 Å². The number of carbonyl (C=O) groups is 2. The van der Waals surface area contributed by atoms with E-state index in [1.165, 1.54) is 0 Å². The van der Waals surface area contributed by atoms with E-state index in [2.05, 4.69) is 16.0 Å². The van der Waals surface area contributed by atoms with Crippen molar-refractivity contribution < 1.29 is 14.3 Å². The van der Waals surface area contributed by atoms with E-state index in [0.29, 0.717) is 30.9 Å². The monoisotopic (exact) mass is 355 g/mol. The first kappa shape index (κ1) is 20.4. The Bertz CT molecular complexity index is 566. The highest BCUT2D eigenvalue weighted by molar-refractivity contribution is 5.97. The molecule has 7 heteroatoms. The topological polar surface area (TPSA) is 79.5 Å². The second kappa shape index (κ2) is 9.01. The van der Waals surface area contributed by atoms with Crippen LogP contribution in [0.3, 0.4) is 0 Å². The van der Waals surface area contributed by atoms with Crippen LogP contribution >= 0.6 is 12.4 Å². The third-order valence-electron chi connectivity index (χ3n) is 3.33. The summed E-state index contributed by atoms with van der Waals surface area (Å²) in [5.41, 5.74) is 0.841. The first-order valence-corrected chi connectivity index (χ1v) is 7.87. The molecule has 1 aliphatic rings. The van der Waals surface area contributed by atoms with Gasteiger partial charge >= 0.3 is 0 Å². The Morgan fingerprint density at radius 1 is 1.33 bits per heavy atom. The highest BCUT2D eigenvalue weighted by Gasteiger charge is 2.18.